The van der Waals surface area contributed by atoms with Crippen molar-refractivity contribution in [1.82, 2.24) is 9.55 Å². The maximum absolute atomic E-state index is 13.2. The first kappa shape index (κ1) is 29.6. The van der Waals surface area contributed by atoms with Gasteiger partial charge in [0.2, 0.25) is 5.91 Å². The number of rotatable bonds is 9. The number of aromatic amines is 1. The number of halogens is 3. The molecule has 218 valence electrons. The predicted octanol–water partition coefficient (Wildman–Crippen LogP) is 3.90. The summed E-state index contributed by atoms with van der Waals surface area (Å²) in [6, 6.07) is 19.2. The first-order valence-electron chi connectivity index (χ1n) is 12.8. The molecule has 0 saturated carbocycles. The van der Waals surface area contributed by atoms with Crippen LogP contribution in [0.25, 0.3) is 0 Å². The number of nitrogen functional groups attached to an aromatic ring is 1. The Hall–Kier alpha value is -5.33. The Morgan fingerprint density at radius 2 is 1.64 bits per heavy atom. The normalized spacial score (nSPS) is 11.1. The summed E-state index contributed by atoms with van der Waals surface area (Å²) < 4.78 is 40.2. The number of carbonyl (C=O) groups is 2. The van der Waals surface area contributed by atoms with Gasteiger partial charge in [0.25, 0.3) is 11.5 Å². The van der Waals surface area contributed by atoms with Crippen LogP contribution in [0.15, 0.2) is 88.5 Å². The molecule has 5 N–H and O–H groups in total. The quantitative estimate of drug-likeness (QED) is 0.237. The van der Waals surface area contributed by atoms with Crippen molar-refractivity contribution in [3.05, 3.63) is 116 Å². The highest BCUT2D eigenvalue weighted by Gasteiger charge is 2.30. The van der Waals surface area contributed by atoms with Gasteiger partial charge in [0.05, 0.1) is 18.7 Å². The summed E-state index contributed by atoms with van der Waals surface area (Å²) in [5.41, 5.74) is 4.85. The number of amides is 2. The summed E-state index contributed by atoms with van der Waals surface area (Å²) in [6.07, 6.45) is -4.56. The molecule has 0 spiro atoms. The minimum absolute atomic E-state index is 0.0293. The van der Waals surface area contributed by atoms with E-state index in [1.165, 1.54) is 34.9 Å². The van der Waals surface area contributed by atoms with Gasteiger partial charge in [0.1, 0.15) is 5.82 Å². The van der Waals surface area contributed by atoms with Gasteiger partial charge in [-0.15, -0.1) is 0 Å². The summed E-state index contributed by atoms with van der Waals surface area (Å²) in [5.74, 6) is -1.37. The third kappa shape index (κ3) is 6.86. The van der Waals surface area contributed by atoms with Crippen LogP contribution < -0.4 is 32.5 Å². The van der Waals surface area contributed by atoms with E-state index in [0.717, 1.165) is 22.6 Å². The zero-order valence-corrected chi connectivity index (χ0v) is 22.4. The highest BCUT2D eigenvalue weighted by molar-refractivity contribution is 6.05. The monoisotopic (exact) mass is 580 g/mol. The largest absolute Gasteiger partial charge is 0.416 e. The number of nitrogens with two attached hydrogens (primary N) is 1. The second-order valence-electron chi connectivity index (χ2n) is 9.17. The van der Waals surface area contributed by atoms with E-state index in [9.17, 15) is 32.3 Å². The molecule has 1 aromatic heterocycles. The second kappa shape index (κ2) is 12.5. The number of anilines is 4. The Balaban J connectivity index is 1.48. The average Bonchev–Trinajstić information content (AvgIpc) is 2.96. The standard InChI is InChI=1S/C29H27F3N6O4/c1-2-37(24-25(33)38(28(42)36-27(24)41)17-18-8-4-3-5-9-18)23(39)16-34-21-12-6-10-19(14-21)26(40)35-22-13-7-11-20(15-22)29(30,31)32/h3-15,34H,2,16-17,33H2,1H3,(H,35,40)(H,36,41,42). The molecule has 0 atom stereocenters. The molecule has 10 nitrogen and oxygen atoms in total. The van der Waals surface area contributed by atoms with Crippen molar-refractivity contribution in [2.75, 3.05) is 34.4 Å². The second-order valence-corrected chi connectivity index (χ2v) is 9.17. The topological polar surface area (TPSA) is 142 Å². The third-order valence-electron chi connectivity index (χ3n) is 6.30. The Bertz CT molecular complexity index is 1720. The molecule has 0 aliphatic heterocycles. The minimum Gasteiger partial charge on any atom is -0.383 e. The van der Waals surface area contributed by atoms with Gasteiger partial charge in [-0.05, 0) is 48.9 Å². The van der Waals surface area contributed by atoms with Gasteiger partial charge in [-0.3, -0.25) is 23.9 Å². The van der Waals surface area contributed by atoms with Crippen LogP contribution in [0.2, 0.25) is 0 Å². The number of aromatic nitrogens is 2. The van der Waals surface area contributed by atoms with Crippen LogP contribution in [0, 0.1) is 0 Å². The maximum atomic E-state index is 13.2. The van der Waals surface area contributed by atoms with E-state index in [2.05, 4.69) is 15.6 Å². The lowest BCUT2D eigenvalue weighted by Gasteiger charge is -2.23. The van der Waals surface area contributed by atoms with Crippen molar-refractivity contribution in [1.29, 1.82) is 0 Å². The van der Waals surface area contributed by atoms with E-state index < -0.39 is 34.8 Å². The van der Waals surface area contributed by atoms with Gasteiger partial charge in [0.15, 0.2) is 5.69 Å². The molecular formula is C29H27F3N6O4. The minimum atomic E-state index is -4.56. The number of alkyl halides is 3. The molecule has 1 heterocycles. The molecule has 0 bridgehead atoms. The Kier molecular flexibility index (Phi) is 8.79. The smallest absolute Gasteiger partial charge is 0.383 e. The van der Waals surface area contributed by atoms with E-state index in [1.807, 2.05) is 6.07 Å². The van der Waals surface area contributed by atoms with Crippen LogP contribution in [-0.2, 0) is 17.5 Å². The van der Waals surface area contributed by atoms with Crippen LogP contribution in [0.1, 0.15) is 28.4 Å². The molecule has 13 heteroatoms. The molecule has 2 amide bonds. The Labute approximate surface area is 237 Å². The van der Waals surface area contributed by atoms with E-state index in [1.54, 1.807) is 37.3 Å². The summed E-state index contributed by atoms with van der Waals surface area (Å²) in [7, 11) is 0. The molecule has 0 saturated heterocycles. The molecule has 0 radical (unpaired) electrons. The number of nitrogens with one attached hydrogen (secondary N) is 3. The van der Waals surface area contributed by atoms with Crippen molar-refractivity contribution < 1.29 is 22.8 Å². The van der Waals surface area contributed by atoms with Gasteiger partial charge in [0, 0.05) is 23.5 Å². The van der Waals surface area contributed by atoms with E-state index >= 15 is 0 Å². The van der Waals surface area contributed by atoms with Crippen molar-refractivity contribution in [3.63, 3.8) is 0 Å². The van der Waals surface area contributed by atoms with Gasteiger partial charge >= 0.3 is 11.9 Å². The zero-order chi connectivity index (χ0) is 30.4. The van der Waals surface area contributed by atoms with Crippen LogP contribution in [0.5, 0.6) is 0 Å². The van der Waals surface area contributed by atoms with Gasteiger partial charge < -0.3 is 21.3 Å². The highest BCUT2D eigenvalue weighted by atomic mass is 19.4. The lowest BCUT2D eigenvalue weighted by atomic mass is 10.1. The molecule has 4 rings (SSSR count). The molecular weight excluding hydrogens is 553 g/mol. The zero-order valence-electron chi connectivity index (χ0n) is 22.4. The predicted molar refractivity (Wildman–Crippen MR) is 154 cm³/mol. The number of H-pyrrole nitrogens is 1. The summed E-state index contributed by atoms with van der Waals surface area (Å²) in [4.78, 5) is 54.5. The van der Waals surface area contributed by atoms with Gasteiger partial charge in [-0.1, -0.05) is 42.5 Å². The van der Waals surface area contributed by atoms with E-state index in [-0.39, 0.29) is 42.4 Å². The number of likely N-dealkylation sites (N-methyl/N-ethyl adjacent to an activating group) is 1. The van der Waals surface area contributed by atoms with Crippen molar-refractivity contribution in [3.8, 4) is 0 Å². The molecule has 42 heavy (non-hydrogen) atoms. The fourth-order valence-corrected chi connectivity index (χ4v) is 4.24. The SMILES string of the molecule is CCN(C(=O)CNc1cccc(C(=O)Nc2cccc(C(F)(F)F)c2)c1)c1c(N)n(Cc2ccccc2)c(=O)[nH]c1=O. The molecule has 0 unspecified atom stereocenters. The van der Waals surface area contributed by atoms with Crippen LogP contribution in [0.4, 0.5) is 36.1 Å². The Morgan fingerprint density at radius 1 is 0.952 bits per heavy atom. The van der Waals surface area contributed by atoms with Crippen molar-refractivity contribution in [2.24, 2.45) is 0 Å². The third-order valence-corrected chi connectivity index (χ3v) is 6.30. The lowest BCUT2D eigenvalue weighted by molar-refractivity contribution is -0.137. The van der Waals surface area contributed by atoms with Crippen molar-refractivity contribution in [2.45, 2.75) is 19.6 Å². The average molecular weight is 581 g/mol. The summed E-state index contributed by atoms with van der Waals surface area (Å²) in [6.45, 7) is 1.48. The van der Waals surface area contributed by atoms with Crippen LogP contribution >= 0.6 is 0 Å². The number of nitrogens with zero attached hydrogens (tertiary/aromatic N) is 2. The highest BCUT2D eigenvalue weighted by Crippen LogP contribution is 2.30. The van der Waals surface area contributed by atoms with E-state index in [4.69, 9.17) is 5.73 Å². The first-order chi connectivity index (χ1) is 20.0. The fourth-order valence-electron chi connectivity index (χ4n) is 4.24. The molecule has 0 fully saturated rings. The molecule has 0 aliphatic carbocycles. The first-order valence-corrected chi connectivity index (χ1v) is 12.8. The summed E-state index contributed by atoms with van der Waals surface area (Å²) >= 11 is 0. The van der Waals surface area contributed by atoms with E-state index in [0.29, 0.717) is 5.69 Å². The molecule has 4 aromatic rings. The number of carbonyl (C=O) groups excluding carboxylic acids is 2. The lowest BCUT2D eigenvalue weighted by Crippen LogP contribution is -2.43. The van der Waals surface area contributed by atoms with Crippen molar-refractivity contribution >= 4 is 34.7 Å². The molecule has 3 aromatic carbocycles. The Morgan fingerprint density at radius 3 is 2.33 bits per heavy atom. The van der Waals surface area contributed by atoms with Gasteiger partial charge in [-0.25, -0.2) is 4.79 Å². The number of benzene rings is 3. The molecule has 0 aliphatic rings. The number of hydrogen-bond acceptors (Lipinski definition) is 6. The van der Waals surface area contributed by atoms with Gasteiger partial charge in [-0.2, -0.15) is 13.2 Å². The maximum Gasteiger partial charge on any atom is 0.416 e. The fraction of sp³-hybridized carbons (Fsp3) is 0.172. The van der Waals surface area contributed by atoms with Crippen LogP contribution in [0.3, 0.4) is 0 Å². The number of hydrogen-bond donors (Lipinski definition) is 4. The summed E-state index contributed by atoms with van der Waals surface area (Å²) in [5, 5.41) is 5.31. The van der Waals surface area contributed by atoms with Crippen LogP contribution in [-0.4, -0.2) is 34.5 Å².